The third kappa shape index (κ3) is 5.27. The van der Waals surface area contributed by atoms with Crippen molar-refractivity contribution in [1.29, 1.82) is 0 Å². The van der Waals surface area contributed by atoms with Crippen LogP contribution in [0.4, 0.5) is 16.2 Å². The van der Waals surface area contributed by atoms with E-state index in [2.05, 4.69) is 10.3 Å². The van der Waals surface area contributed by atoms with Gasteiger partial charge < -0.3 is 19.9 Å². The van der Waals surface area contributed by atoms with Gasteiger partial charge in [-0.15, -0.1) is 0 Å². The van der Waals surface area contributed by atoms with Crippen molar-refractivity contribution < 1.29 is 24.2 Å². The van der Waals surface area contributed by atoms with Gasteiger partial charge in [0, 0.05) is 28.9 Å². The first-order valence-corrected chi connectivity index (χ1v) is 12.2. The highest BCUT2D eigenvalue weighted by Gasteiger charge is 2.45. The van der Waals surface area contributed by atoms with E-state index in [9.17, 15) is 9.59 Å². The number of nitrogens with zero attached hydrogens (tertiary/aromatic N) is 2. The number of para-hydroxylation sites is 1. The van der Waals surface area contributed by atoms with Crippen molar-refractivity contribution >= 4 is 23.4 Å². The second-order valence-electron chi connectivity index (χ2n) is 9.48. The first-order valence-electron chi connectivity index (χ1n) is 12.2. The molecule has 1 aliphatic heterocycles. The van der Waals surface area contributed by atoms with Crippen LogP contribution in [-0.2, 0) is 4.79 Å². The Hall–Kier alpha value is -4.07. The second kappa shape index (κ2) is 9.89. The fraction of sp³-hybridized carbons (Fsp3) is 0.321. The van der Waals surface area contributed by atoms with Gasteiger partial charge in [0.15, 0.2) is 0 Å². The number of rotatable bonds is 8. The van der Waals surface area contributed by atoms with Crippen molar-refractivity contribution in [2.75, 3.05) is 23.4 Å². The summed E-state index contributed by atoms with van der Waals surface area (Å²) in [5.41, 5.74) is 3.01. The first kappa shape index (κ1) is 23.7. The van der Waals surface area contributed by atoms with Crippen LogP contribution in [0.25, 0.3) is 11.1 Å². The molecule has 0 saturated heterocycles. The average Bonchev–Trinajstić information content (AvgIpc) is 3.66. The van der Waals surface area contributed by atoms with E-state index in [0.29, 0.717) is 24.8 Å². The van der Waals surface area contributed by atoms with Gasteiger partial charge in [-0.25, -0.2) is 9.78 Å². The number of carbonyl (C=O) groups excluding carboxylic acids is 1. The number of hydrogen-bond acceptors (Lipinski definition) is 5. The van der Waals surface area contributed by atoms with Crippen LogP contribution in [0.15, 0.2) is 66.9 Å². The van der Waals surface area contributed by atoms with Crippen LogP contribution >= 0.6 is 0 Å². The maximum atomic E-state index is 13.1. The molecule has 0 bridgehead atoms. The Balaban J connectivity index is 1.31. The number of nitrogens with one attached hydrogen (secondary N) is 1. The summed E-state index contributed by atoms with van der Waals surface area (Å²) in [7, 11) is 0. The maximum absolute atomic E-state index is 13.1. The Morgan fingerprint density at radius 2 is 1.92 bits per heavy atom. The molecule has 8 heteroatoms. The van der Waals surface area contributed by atoms with Crippen LogP contribution in [0, 0.1) is 5.41 Å². The number of ether oxygens (including phenoxy) is 2. The standard InChI is InChI=1S/C28H29N3O5/c1-2-22-17-31(27(34)30-21-6-4-3-5-7-21)23-10-8-19(14-24(23)36-22)20-9-11-25(29-16-20)35-18-28(12-13-28)15-26(32)33/h3-11,14,16,22H,2,12-13,15,17-18H2,1H3,(H,30,34)(H,32,33). The summed E-state index contributed by atoms with van der Waals surface area (Å²) in [6.45, 7) is 2.87. The zero-order valence-electron chi connectivity index (χ0n) is 20.1. The lowest BCUT2D eigenvalue weighted by atomic mass is 10.0. The molecule has 1 fully saturated rings. The molecule has 3 aromatic rings. The van der Waals surface area contributed by atoms with Gasteiger partial charge in [0.1, 0.15) is 11.9 Å². The molecule has 0 radical (unpaired) electrons. The Morgan fingerprint density at radius 3 is 2.58 bits per heavy atom. The number of carbonyl (C=O) groups is 2. The van der Waals surface area contributed by atoms with Crippen LogP contribution in [-0.4, -0.2) is 41.3 Å². The summed E-state index contributed by atoms with van der Waals surface area (Å²) in [6.07, 6.45) is 4.25. The first-order chi connectivity index (χ1) is 17.4. The summed E-state index contributed by atoms with van der Waals surface area (Å²) in [6, 6.07) is 18.7. The number of benzene rings is 2. The Morgan fingerprint density at radius 1 is 1.14 bits per heavy atom. The number of hydrogen-bond donors (Lipinski definition) is 2. The van der Waals surface area contributed by atoms with Gasteiger partial charge in [-0.3, -0.25) is 9.69 Å². The molecule has 1 atom stereocenters. The molecule has 36 heavy (non-hydrogen) atoms. The van der Waals surface area contributed by atoms with Gasteiger partial charge in [-0.1, -0.05) is 31.2 Å². The van der Waals surface area contributed by atoms with Gasteiger partial charge in [0.25, 0.3) is 0 Å². The van der Waals surface area contributed by atoms with E-state index in [-0.39, 0.29) is 24.0 Å². The monoisotopic (exact) mass is 487 g/mol. The van der Waals surface area contributed by atoms with E-state index < -0.39 is 5.97 Å². The number of amides is 2. The van der Waals surface area contributed by atoms with Crippen molar-refractivity contribution in [2.24, 2.45) is 5.41 Å². The molecular weight excluding hydrogens is 458 g/mol. The predicted molar refractivity (Wildman–Crippen MR) is 137 cm³/mol. The van der Waals surface area contributed by atoms with E-state index in [1.807, 2.05) is 61.5 Å². The molecule has 1 aromatic heterocycles. The molecule has 5 rings (SSSR count). The molecular formula is C28H29N3O5. The quantitative estimate of drug-likeness (QED) is 0.429. The molecule has 2 heterocycles. The van der Waals surface area contributed by atoms with Crippen molar-refractivity contribution in [2.45, 2.75) is 38.7 Å². The summed E-state index contributed by atoms with van der Waals surface area (Å²) in [4.78, 5) is 30.3. The van der Waals surface area contributed by atoms with Crippen LogP contribution < -0.4 is 19.7 Å². The summed E-state index contributed by atoms with van der Waals surface area (Å²) in [5, 5.41) is 12.0. The highest BCUT2D eigenvalue weighted by Crippen LogP contribution is 2.49. The molecule has 1 aliphatic carbocycles. The van der Waals surface area contributed by atoms with Crippen molar-refractivity contribution in [3.05, 3.63) is 66.9 Å². The number of aromatic nitrogens is 1. The lowest BCUT2D eigenvalue weighted by Crippen LogP contribution is -2.45. The van der Waals surface area contributed by atoms with Crippen LogP contribution in [0.5, 0.6) is 11.6 Å². The zero-order chi connectivity index (χ0) is 25.1. The average molecular weight is 488 g/mol. The van der Waals surface area contributed by atoms with Gasteiger partial charge >= 0.3 is 12.0 Å². The number of carboxylic acids is 1. The summed E-state index contributed by atoms with van der Waals surface area (Å²) in [5.74, 6) is 0.327. The highest BCUT2D eigenvalue weighted by atomic mass is 16.5. The number of carboxylic acid groups (broad SMARTS) is 1. The normalized spacial score (nSPS) is 17.5. The molecule has 2 amide bonds. The molecule has 2 N–H and O–H groups in total. The molecule has 1 unspecified atom stereocenters. The van der Waals surface area contributed by atoms with Crippen LogP contribution in [0.1, 0.15) is 32.6 Å². The number of pyridine rings is 1. The number of urea groups is 1. The number of anilines is 2. The summed E-state index contributed by atoms with van der Waals surface area (Å²) < 4.78 is 12.0. The van der Waals surface area contributed by atoms with E-state index in [1.54, 1.807) is 17.2 Å². The van der Waals surface area contributed by atoms with Gasteiger partial charge in [0.2, 0.25) is 5.88 Å². The SMILES string of the molecule is CCC1CN(C(=O)Nc2ccccc2)c2ccc(-c3ccc(OCC4(CC(=O)O)CC4)nc3)cc2O1. The minimum absolute atomic E-state index is 0.108. The molecule has 1 saturated carbocycles. The Kier molecular flexibility index (Phi) is 6.50. The Bertz CT molecular complexity index is 1240. The number of aliphatic carboxylic acids is 1. The topological polar surface area (TPSA) is 101 Å². The third-order valence-corrected chi connectivity index (χ3v) is 6.74. The van der Waals surface area contributed by atoms with E-state index in [4.69, 9.17) is 14.6 Å². The lowest BCUT2D eigenvalue weighted by molar-refractivity contribution is -0.138. The second-order valence-corrected chi connectivity index (χ2v) is 9.48. The lowest BCUT2D eigenvalue weighted by Gasteiger charge is -2.34. The van der Waals surface area contributed by atoms with E-state index in [0.717, 1.165) is 41.8 Å². The summed E-state index contributed by atoms with van der Waals surface area (Å²) >= 11 is 0. The van der Waals surface area contributed by atoms with Gasteiger partial charge in [-0.05, 0) is 55.2 Å². The largest absolute Gasteiger partial charge is 0.486 e. The van der Waals surface area contributed by atoms with E-state index in [1.165, 1.54) is 0 Å². The predicted octanol–water partition coefficient (Wildman–Crippen LogP) is 5.59. The molecule has 8 nitrogen and oxygen atoms in total. The maximum Gasteiger partial charge on any atom is 0.326 e. The molecule has 0 spiro atoms. The molecule has 186 valence electrons. The van der Waals surface area contributed by atoms with Crippen molar-refractivity contribution in [3.8, 4) is 22.8 Å². The Labute approximate surface area is 209 Å². The van der Waals surface area contributed by atoms with Gasteiger partial charge in [0.05, 0.1) is 25.3 Å². The van der Waals surface area contributed by atoms with Crippen molar-refractivity contribution in [3.63, 3.8) is 0 Å². The smallest absolute Gasteiger partial charge is 0.326 e. The molecule has 2 aromatic carbocycles. The van der Waals surface area contributed by atoms with Crippen molar-refractivity contribution in [1.82, 2.24) is 4.98 Å². The highest BCUT2D eigenvalue weighted by molar-refractivity contribution is 6.03. The fourth-order valence-electron chi connectivity index (χ4n) is 4.38. The third-order valence-electron chi connectivity index (χ3n) is 6.74. The zero-order valence-corrected chi connectivity index (χ0v) is 20.1. The van der Waals surface area contributed by atoms with Crippen LogP contribution in [0.3, 0.4) is 0 Å². The molecule has 2 aliphatic rings. The van der Waals surface area contributed by atoms with Gasteiger partial charge in [-0.2, -0.15) is 0 Å². The minimum Gasteiger partial charge on any atom is -0.486 e. The number of fused-ring (bicyclic) bond motifs is 1. The fourth-order valence-corrected chi connectivity index (χ4v) is 4.38. The van der Waals surface area contributed by atoms with Crippen LogP contribution in [0.2, 0.25) is 0 Å². The van der Waals surface area contributed by atoms with E-state index >= 15 is 0 Å². The minimum atomic E-state index is -0.796.